The van der Waals surface area contributed by atoms with Gasteiger partial charge in [-0.1, -0.05) is 43.9 Å². The Labute approximate surface area is 137 Å². The molecule has 2 rings (SSSR count). The lowest BCUT2D eigenvalue weighted by atomic mass is 10.1. The van der Waals surface area contributed by atoms with Gasteiger partial charge in [-0.15, -0.1) is 0 Å². The Morgan fingerprint density at radius 1 is 1.30 bits per heavy atom. The Kier molecular flexibility index (Phi) is 5.38. The van der Waals surface area contributed by atoms with Crippen LogP contribution < -0.4 is 0 Å². The van der Waals surface area contributed by atoms with Crippen LogP contribution >= 0.6 is 0 Å². The summed E-state index contributed by atoms with van der Waals surface area (Å²) in [5.74, 6) is -1.03. The van der Waals surface area contributed by atoms with Gasteiger partial charge in [-0.05, 0) is 24.6 Å². The summed E-state index contributed by atoms with van der Waals surface area (Å²) in [7, 11) is -1.14. The first kappa shape index (κ1) is 17.4. The molecule has 1 heterocycles. The molecule has 0 spiro atoms. The Morgan fingerprint density at radius 2 is 2.00 bits per heavy atom. The summed E-state index contributed by atoms with van der Waals surface area (Å²) < 4.78 is 7.37. The second-order valence-electron chi connectivity index (χ2n) is 6.88. The Hall–Kier alpha value is -1.92. The first-order valence-corrected chi connectivity index (χ1v) is 11.4. The maximum atomic E-state index is 11.2. The van der Waals surface area contributed by atoms with E-state index in [-0.39, 0.29) is 12.4 Å². The van der Waals surface area contributed by atoms with E-state index in [9.17, 15) is 9.90 Å². The highest BCUT2D eigenvalue weighted by Crippen LogP contribution is 2.24. The molecule has 6 heteroatoms. The second kappa shape index (κ2) is 7.10. The summed E-state index contributed by atoms with van der Waals surface area (Å²) in [6.45, 7) is 9.83. The van der Waals surface area contributed by atoms with Crippen molar-refractivity contribution in [1.82, 2.24) is 9.78 Å². The average Bonchev–Trinajstić information content (AvgIpc) is 2.87. The molecule has 1 aromatic heterocycles. The number of aromatic nitrogens is 2. The second-order valence-corrected chi connectivity index (χ2v) is 12.5. The van der Waals surface area contributed by atoms with Crippen LogP contribution in [-0.4, -0.2) is 35.5 Å². The van der Waals surface area contributed by atoms with Crippen molar-refractivity contribution in [2.75, 3.05) is 6.61 Å². The molecule has 2 aromatic rings. The molecule has 0 saturated heterocycles. The first-order valence-electron chi connectivity index (χ1n) is 7.73. The number of hydrogen-bond acceptors (Lipinski definition) is 3. The fraction of sp³-hybridized carbons (Fsp3) is 0.412. The van der Waals surface area contributed by atoms with E-state index < -0.39 is 14.0 Å². The maximum absolute atomic E-state index is 11.2. The van der Waals surface area contributed by atoms with Gasteiger partial charge in [0.15, 0.2) is 5.69 Å². The number of aromatic carboxylic acids is 1. The first-order chi connectivity index (χ1) is 10.8. The third kappa shape index (κ3) is 4.77. The number of aryl methyl sites for hydroxylation is 1. The van der Waals surface area contributed by atoms with E-state index in [2.05, 4.69) is 24.7 Å². The predicted molar refractivity (Wildman–Crippen MR) is 93.5 cm³/mol. The molecule has 0 fully saturated rings. The standard InChI is InChI=1S/C17H24N2O3Si/c1-13-7-5-6-8-14(13)16-11-15(17(20)21)18-19(16)12-22-9-10-23(2,3)4/h5-8,11H,9-10,12H2,1-4H3,(H,20,21). The summed E-state index contributed by atoms with van der Waals surface area (Å²) in [5, 5.41) is 13.4. The number of hydrogen-bond donors (Lipinski definition) is 1. The molecule has 23 heavy (non-hydrogen) atoms. The van der Waals surface area contributed by atoms with Crippen LogP contribution in [0.25, 0.3) is 11.3 Å². The molecule has 0 aliphatic carbocycles. The number of carboxylic acids is 1. The van der Waals surface area contributed by atoms with Gasteiger partial charge in [0.2, 0.25) is 0 Å². The van der Waals surface area contributed by atoms with Crippen molar-refractivity contribution < 1.29 is 14.6 Å². The Bertz CT molecular complexity index is 689. The zero-order valence-corrected chi connectivity index (χ0v) is 15.2. The molecule has 1 N–H and O–H groups in total. The average molecular weight is 332 g/mol. The van der Waals surface area contributed by atoms with Crippen LogP contribution in [0, 0.1) is 6.92 Å². The van der Waals surface area contributed by atoms with E-state index >= 15 is 0 Å². The van der Waals surface area contributed by atoms with E-state index in [0.29, 0.717) is 6.61 Å². The summed E-state index contributed by atoms with van der Waals surface area (Å²) in [6.07, 6.45) is 0. The Morgan fingerprint density at radius 3 is 2.61 bits per heavy atom. The lowest BCUT2D eigenvalue weighted by Gasteiger charge is -2.16. The monoisotopic (exact) mass is 332 g/mol. The molecule has 124 valence electrons. The molecule has 0 amide bonds. The summed E-state index contributed by atoms with van der Waals surface area (Å²) >= 11 is 0. The van der Waals surface area contributed by atoms with E-state index in [1.54, 1.807) is 10.7 Å². The van der Waals surface area contributed by atoms with Crippen LogP contribution in [0.4, 0.5) is 0 Å². The van der Waals surface area contributed by atoms with E-state index in [1.165, 1.54) is 0 Å². The minimum atomic E-state index is -1.14. The molecule has 0 aliphatic heterocycles. The van der Waals surface area contributed by atoms with E-state index in [1.807, 2.05) is 31.2 Å². The van der Waals surface area contributed by atoms with Gasteiger partial charge in [-0.2, -0.15) is 5.10 Å². The van der Waals surface area contributed by atoms with Crippen molar-refractivity contribution in [2.45, 2.75) is 39.3 Å². The minimum absolute atomic E-state index is 0.0389. The molecule has 0 unspecified atom stereocenters. The van der Waals surface area contributed by atoms with Crippen LogP contribution in [0.15, 0.2) is 30.3 Å². The van der Waals surface area contributed by atoms with Gasteiger partial charge in [0.1, 0.15) is 6.73 Å². The van der Waals surface area contributed by atoms with Gasteiger partial charge in [0.05, 0.1) is 5.69 Å². The number of nitrogens with zero attached hydrogens (tertiary/aromatic N) is 2. The highest BCUT2D eigenvalue weighted by molar-refractivity contribution is 6.76. The number of ether oxygens (including phenoxy) is 1. The van der Waals surface area contributed by atoms with Gasteiger partial charge >= 0.3 is 5.97 Å². The maximum Gasteiger partial charge on any atom is 0.356 e. The summed E-state index contributed by atoms with van der Waals surface area (Å²) in [4.78, 5) is 11.2. The van der Waals surface area contributed by atoms with Gasteiger partial charge < -0.3 is 9.84 Å². The van der Waals surface area contributed by atoms with Gasteiger partial charge in [-0.25, -0.2) is 9.48 Å². The van der Waals surface area contributed by atoms with Crippen molar-refractivity contribution in [3.8, 4) is 11.3 Å². The highest BCUT2D eigenvalue weighted by Gasteiger charge is 2.17. The largest absolute Gasteiger partial charge is 0.476 e. The summed E-state index contributed by atoms with van der Waals surface area (Å²) in [5.41, 5.74) is 2.86. The molecular formula is C17H24N2O3Si. The predicted octanol–water partition coefficient (Wildman–Crippen LogP) is 3.87. The minimum Gasteiger partial charge on any atom is -0.476 e. The molecule has 0 radical (unpaired) electrons. The van der Waals surface area contributed by atoms with Crippen molar-refractivity contribution in [3.63, 3.8) is 0 Å². The lowest BCUT2D eigenvalue weighted by molar-refractivity contribution is 0.0673. The zero-order valence-electron chi connectivity index (χ0n) is 14.2. The fourth-order valence-corrected chi connectivity index (χ4v) is 2.98. The van der Waals surface area contributed by atoms with E-state index in [0.717, 1.165) is 22.9 Å². The van der Waals surface area contributed by atoms with Crippen LogP contribution in [0.3, 0.4) is 0 Å². The smallest absolute Gasteiger partial charge is 0.356 e. The molecule has 1 aromatic carbocycles. The van der Waals surface area contributed by atoms with Gasteiger partial charge in [-0.3, -0.25) is 0 Å². The van der Waals surface area contributed by atoms with Gasteiger partial charge in [0, 0.05) is 20.2 Å². The van der Waals surface area contributed by atoms with Crippen LogP contribution in [0.5, 0.6) is 0 Å². The number of rotatable bonds is 7. The third-order valence-electron chi connectivity index (χ3n) is 3.63. The van der Waals surface area contributed by atoms with E-state index in [4.69, 9.17) is 4.74 Å². The van der Waals surface area contributed by atoms with Crippen molar-refractivity contribution in [3.05, 3.63) is 41.6 Å². The van der Waals surface area contributed by atoms with Crippen LogP contribution in [-0.2, 0) is 11.5 Å². The lowest BCUT2D eigenvalue weighted by Crippen LogP contribution is -2.22. The summed E-state index contributed by atoms with van der Waals surface area (Å²) in [6, 6.07) is 10.5. The molecular weight excluding hydrogens is 308 g/mol. The van der Waals surface area contributed by atoms with Crippen molar-refractivity contribution in [1.29, 1.82) is 0 Å². The van der Waals surface area contributed by atoms with Crippen LogP contribution in [0.2, 0.25) is 25.7 Å². The number of carboxylic acid groups (broad SMARTS) is 1. The number of carbonyl (C=O) groups is 1. The SMILES string of the molecule is Cc1ccccc1-c1cc(C(=O)O)nn1COCC[Si](C)(C)C. The molecule has 0 atom stereocenters. The highest BCUT2D eigenvalue weighted by atomic mass is 28.3. The van der Waals surface area contributed by atoms with Gasteiger partial charge in [0.25, 0.3) is 0 Å². The quantitative estimate of drug-likeness (QED) is 0.617. The fourth-order valence-electron chi connectivity index (χ4n) is 2.23. The third-order valence-corrected chi connectivity index (χ3v) is 5.33. The molecule has 5 nitrogen and oxygen atoms in total. The Balaban J connectivity index is 2.21. The normalized spacial score (nSPS) is 11.7. The zero-order chi connectivity index (χ0) is 17.0. The number of benzene rings is 1. The molecule has 0 aliphatic rings. The van der Waals surface area contributed by atoms with Crippen molar-refractivity contribution >= 4 is 14.0 Å². The van der Waals surface area contributed by atoms with Crippen molar-refractivity contribution in [2.24, 2.45) is 0 Å². The molecule has 0 saturated carbocycles. The topological polar surface area (TPSA) is 64.3 Å². The van der Waals surface area contributed by atoms with Crippen LogP contribution in [0.1, 0.15) is 16.1 Å². The molecule has 0 bridgehead atoms.